The highest BCUT2D eigenvalue weighted by Crippen LogP contribution is 2.14. The second kappa shape index (κ2) is 2.31. The first kappa shape index (κ1) is 5.74. The smallest absolute Gasteiger partial charge is 0.0496 e. The molecule has 52 valence electrons. The molecule has 0 atom stereocenters. The lowest BCUT2D eigenvalue weighted by atomic mass is 10.1. The topological polar surface area (TPSA) is 24.1 Å². The van der Waals surface area contributed by atoms with Gasteiger partial charge in [0.25, 0.3) is 0 Å². The summed E-state index contributed by atoms with van der Waals surface area (Å²) in [6, 6.07) is 0. The van der Waals surface area contributed by atoms with Gasteiger partial charge < -0.3 is 5.43 Å². The van der Waals surface area contributed by atoms with E-state index >= 15 is 0 Å². The minimum absolute atomic E-state index is 0.976. The molecule has 0 saturated carbocycles. The summed E-state index contributed by atoms with van der Waals surface area (Å²) in [6.07, 6.45) is 9.48. The van der Waals surface area contributed by atoms with Crippen LogP contribution in [-0.2, 0) is 0 Å². The van der Waals surface area contributed by atoms with Gasteiger partial charge in [0, 0.05) is 12.2 Å². The molecule has 1 aliphatic heterocycles. The average molecular weight is 134 g/mol. The normalized spacial score (nSPS) is 22.4. The predicted molar refractivity (Wildman–Crippen MR) is 41.1 cm³/mol. The standard InChI is InChI=1S/C8H10N2/c1-2-4-7-6-9-10-8(7)5-3-1/h1-3,5,9-10H,4,6H2. The molecule has 2 N–H and O–H groups in total. The number of nitrogens with one attached hydrogen (secondary N) is 2. The van der Waals surface area contributed by atoms with Crippen molar-refractivity contribution in [1.82, 2.24) is 10.9 Å². The van der Waals surface area contributed by atoms with Crippen molar-refractivity contribution in [3.8, 4) is 0 Å². The molecule has 0 aromatic carbocycles. The van der Waals surface area contributed by atoms with E-state index in [1.807, 2.05) is 0 Å². The van der Waals surface area contributed by atoms with Crippen LogP contribution in [0.15, 0.2) is 35.6 Å². The monoisotopic (exact) mass is 134 g/mol. The fourth-order valence-electron chi connectivity index (χ4n) is 1.21. The maximum absolute atomic E-state index is 3.10. The van der Waals surface area contributed by atoms with Crippen LogP contribution in [0.4, 0.5) is 0 Å². The summed E-state index contributed by atoms with van der Waals surface area (Å²) in [5.41, 5.74) is 8.87. The van der Waals surface area contributed by atoms with Gasteiger partial charge in [-0.25, -0.2) is 5.43 Å². The third-order valence-electron chi connectivity index (χ3n) is 1.78. The summed E-state index contributed by atoms with van der Waals surface area (Å²) in [7, 11) is 0. The van der Waals surface area contributed by atoms with E-state index in [9.17, 15) is 0 Å². The Hall–Kier alpha value is -1.02. The maximum atomic E-state index is 3.10. The molecule has 1 aliphatic carbocycles. The van der Waals surface area contributed by atoms with Crippen molar-refractivity contribution in [2.24, 2.45) is 0 Å². The Labute approximate surface area is 60.3 Å². The molecule has 0 spiro atoms. The molecule has 0 fully saturated rings. The molecule has 1 heterocycles. The van der Waals surface area contributed by atoms with E-state index in [2.05, 4.69) is 35.2 Å². The molecule has 0 radical (unpaired) electrons. The molecular formula is C8H10N2. The van der Waals surface area contributed by atoms with Crippen molar-refractivity contribution < 1.29 is 0 Å². The van der Waals surface area contributed by atoms with E-state index in [1.165, 1.54) is 11.3 Å². The highest BCUT2D eigenvalue weighted by Gasteiger charge is 2.09. The predicted octanol–water partition coefficient (Wildman–Crippen LogP) is 0.864. The Balaban J connectivity index is 2.30. The van der Waals surface area contributed by atoms with E-state index < -0.39 is 0 Å². The zero-order valence-electron chi connectivity index (χ0n) is 5.72. The second-order valence-corrected chi connectivity index (χ2v) is 2.49. The molecule has 0 aromatic heterocycles. The largest absolute Gasteiger partial charge is 0.321 e. The number of allylic oxidation sites excluding steroid dienone is 4. The van der Waals surface area contributed by atoms with E-state index in [0.717, 1.165) is 13.0 Å². The second-order valence-electron chi connectivity index (χ2n) is 2.49. The summed E-state index contributed by atoms with van der Waals surface area (Å²) in [4.78, 5) is 0. The van der Waals surface area contributed by atoms with Crippen LogP contribution in [0.1, 0.15) is 6.42 Å². The summed E-state index contributed by atoms with van der Waals surface area (Å²) in [5, 5.41) is 0. The molecule has 10 heavy (non-hydrogen) atoms. The van der Waals surface area contributed by atoms with Crippen LogP contribution in [0, 0.1) is 0 Å². The fourth-order valence-corrected chi connectivity index (χ4v) is 1.21. The van der Waals surface area contributed by atoms with Crippen molar-refractivity contribution in [3.63, 3.8) is 0 Å². The molecule has 2 rings (SSSR count). The first-order valence-electron chi connectivity index (χ1n) is 3.51. The van der Waals surface area contributed by atoms with Crippen LogP contribution in [0.2, 0.25) is 0 Å². The van der Waals surface area contributed by atoms with Gasteiger partial charge in [-0.3, -0.25) is 0 Å². The van der Waals surface area contributed by atoms with Crippen LogP contribution in [0.3, 0.4) is 0 Å². The van der Waals surface area contributed by atoms with Crippen LogP contribution < -0.4 is 10.9 Å². The maximum Gasteiger partial charge on any atom is 0.0496 e. The Bertz CT molecular complexity index is 223. The minimum atomic E-state index is 0.976. The highest BCUT2D eigenvalue weighted by molar-refractivity contribution is 5.34. The van der Waals surface area contributed by atoms with Gasteiger partial charge in [0.2, 0.25) is 0 Å². The van der Waals surface area contributed by atoms with Crippen LogP contribution in [0.25, 0.3) is 0 Å². The van der Waals surface area contributed by atoms with Crippen molar-refractivity contribution in [1.29, 1.82) is 0 Å². The van der Waals surface area contributed by atoms with Crippen LogP contribution in [0.5, 0.6) is 0 Å². The zero-order chi connectivity index (χ0) is 6.81. The lowest BCUT2D eigenvalue weighted by Crippen LogP contribution is -2.23. The number of hydrazine groups is 1. The Morgan fingerprint density at radius 2 is 2.30 bits per heavy atom. The molecule has 0 bridgehead atoms. The SMILES string of the molecule is C1=CCC2=C(C=C1)NNC2. The van der Waals surface area contributed by atoms with Gasteiger partial charge in [0.05, 0.1) is 0 Å². The first-order chi connectivity index (χ1) is 4.97. The molecular weight excluding hydrogens is 124 g/mol. The molecule has 0 amide bonds. The molecule has 2 nitrogen and oxygen atoms in total. The van der Waals surface area contributed by atoms with Gasteiger partial charge in [-0.15, -0.1) is 0 Å². The Morgan fingerprint density at radius 3 is 3.30 bits per heavy atom. The molecule has 0 aromatic rings. The van der Waals surface area contributed by atoms with Gasteiger partial charge in [-0.2, -0.15) is 0 Å². The van der Waals surface area contributed by atoms with Crippen molar-refractivity contribution in [2.75, 3.05) is 6.54 Å². The van der Waals surface area contributed by atoms with E-state index in [0.29, 0.717) is 0 Å². The fraction of sp³-hybridized carbons (Fsp3) is 0.250. The van der Waals surface area contributed by atoms with E-state index in [1.54, 1.807) is 0 Å². The molecule has 0 saturated heterocycles. The van der Waals surface area contributed by atoms with E-state index in [4.69, 9.17) is 0 Å². The lowest BCUT2D eigenvalue weighted by Gasteiger charge is -1.94. The van der Waals surface area contributed by atoms with Gasteiger partial charge in [0.15, 0.2) is 0 Å². The van der Waals surface area contributed by atoms with Gasteiger partial charge in [-0.05, 0) is 18.1 Å². The van der Waals surface area contributed by atoms with Crippen molar-refractivity contribution in [3.05, 3.63) is 35.6 Å². The summed E-state index contributed by atoms with van der Waals surface area (Å²) in [5.74, 6) is 0. The minimum Gasteiger partial charge on any atom is -0.321 e. The lowest BCUT2D eigenvalue weighted by molar-refractivity contribution is 0.705. The van der Waals surface area contributed by atoms with E-state index in [-0.39, 0.29) is 0 Å². The number of hydrogen-bond donors (Lipinski definition) is 2. The number of hydrogen-bond acceptors (Lipinski definition) is 2. The van der Waals surface area contributed by atoms with Crippen LogP contribution in [-0.4, -0.2) is 6.54 Å². The van der Waals surface area contributed by atoms with Gasteiger partial charge in [-0.1, -0.05) is 18.2 Å². The summed E-state index contributed by atoms with van der Waals surface area (Å²) in [6.45, 7) is 0.976. The number of rotatable bonds is 0. The van der Waals surface area contributed by atoms with Crippen molar-refractivity contribution in [2.45, 2.75) is 6.42 Å². The summed E-state index contributed by atoms with van der Waals surface area (Å²) < 4.78 is 0. The Morgan fingerprint density at radius 1 is 1.30 bits per heavy atom. The molecule has 2 aliphatic rings. The average Bonchev–Trinajstić information content (AvgIpc) is 2.28. The van der Waals surface area contributed by atoms with Crippen LogP contribution >= 0.6 is 0 Å². The highest BCUT2D eigenvalue weighted by atomic mass is 15.4. The first-order valence-corrected chi connectivity index (χ1v) is 3.51. The molecule has 2 heteroatoms. The third-order valence-corrected chi connectivity index (χ3v) is 1.78. The van der Waals surface area contributed by atoms with Gasteiger partial charge >= 0.3 is 0 Å². The van der Waals surface area contributed by atoms with Gasteiger partial charge in [0.1, 0.15) is 0 Å². The van der Waals surface area contributed by atoms with Crippen molar-refractivity contribution >= 4 is 0 Å². The third kappa shape index (κ3) is 0.866. The summed E-state index contributed by atoms with van der Waals surface area (Å²) >= 11 is 0. The quantitative estimate of drug-likeness (QED) is 0.513. The molecule has 0 unspecified atom stereocenters. The Kier molecular flexibility index (Phi) is 1.32. The zero-order valence-corrected chi connectivity index (χ0v) is 5.72.